The van der Waals surface area contributed by atoms with Gasteiger partial charge in [-0.1, -0.05) is 11.6 Å². The zero-order valence-corrected chi connectivity index (χ0v) is 10.2. The van der Waals surface area contributed by atoms with E-state index in [4.69, 9.17) is 22.1 Å². The summed E-state index contributed by atoms with van der Waals surface area (Å²) in [4.78, 5) is 3.97. The molecule has 0 bridgehead atoms. The van der Waals surface area contributed by atoms with Crippen LogP contribution in [0.4, 0.5) is 0 Å². The number of rotatable bonds is 3. The van der Waals surface area contributed by atoms with E-state index in [2.05, 4.69) is 11.9 Å². The molecule has 1 saturated heterocycles. The average Bonchev–Trinajstić information content (AvgIpc) is 2.68. The molecule has 3 atom stereocenters. The lowest BCUT2D eigenvalue weighted by Crippen LogP contribution is -2.36. The minimum Gasteiger partial charge on any atom is -0.378 e. The van der Waals surface area contributed by atoms with Crippen molar-refractivity contribution in [2.24, 2.45) is 11.7 Å². The van der Waals surface area contributed by atoms with Crippen molar-refractivity contribution < 1.29 is 4.74 Å². The smallest absolute Gasteiger partial charge is 0.0621 e. The summed E-state index contributed by atoms with van der Waals surface area (Å²) in [6.07, 6.45) is 5.52. The van der Waals surface area contributed by atoms with Crippen molar-refractivity contribution in [1.29, 1.82) is 0 Å². The maximum Gasteiger partial charge on any atom is 0.0621 e. The molecule has 0 aliphatic carbocycles. The van der Waals surface area contributed by atoms with E-state index < -0.39 is 0 Å². The summed E-state index contributed by atoms with van der Waals surface area (Å²) >= 11 is 6.06. The maximum absolute atomic E-state index is 6.21. The molecule has 0 amide bonds. The summed E-state index contributed by atoms with van der Waals surface area (Å²) in [6, 6.07) is 2.04. The summed E-state index contributed by atoms with van der Waals surface area (Å²) in [7, 11) is 0. The van der Waals surface area contributed by atoms with E-state index in [0.717, 1.165) is 25.0 Å². The van der Waals surface area contributed by atoms with Crippen LogP contribution in [0, 0.1) is 5.92 Å². The van der Waals surface area contributed by atoms with Gasteiger partial charge in [0, 0.05) is 31.0 Å². The van der Waals surface area contributed by atoms with Gasteiger partial charge in [0.25, 0.3) is 0 Å². The van der Waals surface area contributed by atoms with E-state index in [1.807, 2.05) is 6.07 Å². The van der Waals surface area contributed by atoms with Crippen molar-refractivity contribution in [2.75, 3.05) is 6.61 Å². The third-order valence-corrected chi connectivity index (χ3v) is 3.64. The highest BCUT2D eigenvalue weighted by Gasteiger charge is 2.29. The van der Waals surface area contributed by atoms with Gasteiger partial charge in [-0.2, -0.15) is 0 Å². The van der Waals surface area contributed by atoms with Gasteiger partial charge in [0.2, 0.25) is 0 Å². The molecular weight excluding hydrogens is 224 g/mol. The second kappa shape index (κ2) is 5.13. The van der Waals surface area contributed by atoms with E-state index in [1.165, 1.54) is 0 Å². The highest BCUT2D eigenvalue weighted by molar-refractivity contribution is 6.31. The number of hydrogen-bond donors (Lipinski definition) is 1. The molecule has 0 saturated carbocycles. The second-order valence-corrected chi connectivity index (χ2v) is 4.77. The zero-order valence-electron chi connectivity index (χ0n) is 9.40. The van der Waals surface area contributed by atoms with Crippen LogP contribution >= 0.6 is 11.6 Å². The van der Waals surface area contributed by atoms with Gasteiger partial charge in [0.15, 0.2) is 0 Å². The van der Waals surface area contributed by atoms with E-state index in [0.29, 0.717) is 10.9 Å². The van der Waals surface area contributed by atoms with Crippen LogP contribution in [0.25, 0.3) is 0 Å². The standard InChI is InChI=1S/C12H17ClN2O/c1-8-10(3-5-16-8)12(14)6-9-2-4-15-7-11(9)13/h2,4,7-8,10,12H,3,5-6,14H2,1H3. The molecule has 4 heteroatoms. The first-order valence-electron chi connectivity index (χ1n) is 5.64. The summed E-state index contributed by atoms with van der Waals surface area (Å²) < 4.78 is 5.53. The molecule has 3 nitrogen and oxygen atoms in total. The van der Waals surface area contributed by atoms with Gasteiger partial charge < -0.3 is 10.5 Å². The van der Waals surface area contributed by atoms with Gasteiger partial charge in [0.1, 0.15) is 0 Å². The summed E-state index contributed by atoms with van der Waals surface area (Å²) in [5.41, 5.74) is 7.28. The number of hydrogen-bond acceptors (Lipinski definition) is 3. The lowest BCUT2D eigenvalue weighted by Gasteiger charge is -2.22. The van der Waals surface area contributed by atoms with E-state index in [9.17, 15) is 0 Å². The molecule has 16 heavy (non-hydrogen) atoms. The summed E-state index contributed by atoms with van der Waals surface area (Å²) in [5, 5.41) is 0.699. The van der Waals surface area contributed by atoms with E-state index in [1.54, 1.807) is 12.4 Å². The zero-order chi connectivity index (χ0) is 11.5. The Hall–Kier alpha value is -0.640. The molecule has 0 aromatic carbocycles. The first kappa shape index (κ1) is 11.8. The predicted octanol–water partition coefficient (Wildman–Crippen LogP) is 2.03. The molecule has 1 aliphatic heterocycles. The molecule has 88 valence electrons. The number of halogens is 1. The minimum absolute atomic E-state index is 0.109. The summed E-state index contributed by atoms with van der Waals surface area (Å²) in [5.74, 6) is 0.434. The van der Waals surface area contributed by atoms with Crippen molar-refractivity contribution in [1.82, 2.24) is 4.98 Å². The fraction of sp³-hybridized carbons (Fsp3) is 0.583. The van der Waals surface area contributed by atoms with Crippen molar-refractivity contribution in [3.63, 3.8) is 0 Å². The molecule has 0 spiro atoms. The van der Waals surface area contributed by atoms with Crippen LogP contribution in [0.2, 0.25) is 5.02 Å². The Morgan fingerprint density at radius 1 is 1.69 bits per heavy atom. The van der Waals surface area contributed by atoms with Crippen LogP contribution in [-0.2, 0) is 11.2 Å². The van der Waals surface area contributed by atoms with Gasteiger partial charge in [0.05, 0.1) is 11.1 Å². The van der Waals surface area contributed by atoms with Gasteiger partial charge >= 0.3 is 0 Å². The van der Waals surface area contributed by atoms with Crippen LogP contribution in [-0.4, -0.2) is 23.7 Å². The molecule has 1 aromatic rings. The number of ether oxygens (including phenoxy) is 1. The Morgan fingerprint density at radius 3 is 3.12 bits per heavy atom. The first-order chi connectivity index (χ1) is 7.68. The van der Waals surface area contributed by atoms with Crippen molar-refractivity contribution >= 4 is 11.6 Å². The topological polar surface area (TPSA) is 48.1 Å². The third-order valence-electron chi connectivity index (χ3n) is 3.30. The van der Waals surface area contributed by atoms with Crippen molar-refractivity contribution in [3.8, 4) is 0 Å². The third kappa shape index (κ3) is 2.54. The largest absolute Gasteiger partial charge is 0.378 e. The van der Waals surface area contributed by atoms with Crippen molar-refractivity contribution in [3.05, 3.63) is 29.0 Å². The number of aromatic nitrogens is 1. The lowest BCUT2D eigenvalue weighted by molar-refractivity contribution is 0.0995. The Labute approximate surface area is 101 Å². The van der Waals surface area contributed by atoms with Gasteiger partial charge in [-0.05, 0) is 31.4 Å². The van der Waals surface area contributed by atoms with Crippen LogP contribution in [0.15, 0.2) is 18.5 Å². The Morgan fingerprint density at radius 2 is 2.50 bits per heavy atom. The van der Waals surface area contributed by atoms with Crippen LogP contribution in [0.1, 0.15) is 18.9 Å². The highest BCUT2D eigenvalue weighted by Crippen LogP contribution is 2.26. The normalized spacial score (nSPS) is 26.9. The number of nitrogens with two attached hydrogens (primary N) is 1. The fourth-order valence-electron chi connectivity index (χ4n) is 2.29. The predicted molar refractivity (Wildman–Crippen MR) is 64.4 cm³/mol. The molecule has 2 N–H and O–H groups in total. The molecule has 1 aromatic heterocycles. The summed E-state index contributed by atoms with van der Waals surface area (Å²) in [6.45, 7) is 2.91. The van der Waals surface area contributed by atoms with Crippen LogP contribution < -0.4 is 5.73 Å². The Kier molecular flexibility index (Phi) is 3.79. The molecule has 3 unspecified atom stereocenters. The van der Waals surface area contributed by atoms with Crippen LogP contribution in [0.5, 0.6) is 0 Å². The minimum atomic E-state index is 0.109. The maximum atomic E-state index is 6.21. The fourth-order valence-corrected chi connectivity index (χ4v) is 2.48. The molecule has 1 aliphatic rings. The molecule has 2 heterocycles. The number of pyridine rings is 1. The van der Waals surface area contributed by atoms with Gasteiger partial charge in [-0.25, -0.2) is 0 Å². The second-order valence-electron chi connectivity index (χ2n) is 4.36. The van der Waals surface area contributed by atoms with Gasteiger partial charge in [-0.15, -0.1) is 0 Å². The van der Waals surface area contributed by atoms with E-state index in [-0.39, 0.29) is 12.1 Å². The average molecular weight is 241 g/mol. The molecule has 1 fully saturated rings. The van der Waals surface area contributed by atoms with Gasteiger partial charge in [-0.3, -0.25) is 4.98 Å². The molecular formula is C12H17ClN2O. The SMILES string of the molecule is CC1OCCC1C(N)Cc1ccncc1Cl. The van der Waals surface area contributed by atoms with Crippen molar-refractivity contribution in [2.45, 2.75) is 31.9 Å². The Balaban J connectivity index is 2.02. The van der Waals surface area contributed by atoms with E-state index >= 15 is 0 Å². The Bertz CT molecular complexity index is 359. The molecule has 0 radical (unpaired) electrons. The first-order valence-corrected chi connectivity index (χ1v) is 6.02. The highest BCUT2D eigenvalue weighted by atomic mass is 35.5. The quantitative estimate of drug-likeness (QED) is 0.880. The number of nitrogens with zero attached hydrogens (tertiary/aromatic N) is 1. The molecule has 2 rings (SSSR count). The van der Waals surface area contributed by atoms with Crippen LogP contribution in [0.3, 0.4) is 0 Å². The lowest BCUT2D eigenvalue weighted by atomic mass is 9.90. The monoisotopic (exact) mass is 240 g/mol.